The van der Waals surface area contributed by atoms with Crippen LogP contribution in [0.3, 0.4) is 0 Å². The number of aryl methyl sites for hydroxylation is 1. The number of benzene rings is 2. The van der Waals surface area contributed by atoms with Crippen molar-refractivity contribution in [2.45, 2.75) is 56.4 Å². The fourth-order valence-corrected chi connectivity index (χ4v) is 7.75. The van der Waals surface area contributed by atoms with Crippen molar-refractivity contribution in [3.05, 3.63) is 82.4 Å². The minimum atomic E-state index is -0.988. The molecule has 9 heteroatoms. The van der Waals surface area contributed by atoms with Gasteiger partial charge >= 0.3 is 5.97 Å². The van der Waals surface area contributed by atoms with Gasteiger partial charge in [0.1, 0.15) is 15.4 Å². The van der Waals surface area contributed by atoms with Gasteiger partial charge in [0, 0.05) is 45.7 Å². The zero-order valence-electron chi connectivity index (χ0n) is 24.8. The smallest absolute Gasteiger partial charge is 0.319 e. The molecule has 1 saturated heterocycles. The van der Waals surface area contributed by atoms with Gasteiger partial charge in [-0.3, -0.25) is 4.79 Å². The minimum Gasteiger partial charge on any atom is -0.480 e. The number of anilines is 2. The SMILES string of the molecule is CC1=CC(C)C(c2sc(-c3ccc(SC(C)(C)C(=O)O)cc3C)nc2C(O)Nc2ccc(N3CCOCC3)cc2)C=C1. The molecule has 0 spiro atoms. The molecule has 5 rings (SSSR count). The van der Waals surface area contributed by atoms with Gasteiger partial charge in [-0.25, -0.2) is 4.98 Å². The molecule has 222 valence electrons. The Bertz CT molecular complexity index is 1490. The van der Waals surface area contributed by atoms with Gasteiger partial charge < -0.3 is 25.2 Å². The Morgan fingerprint density at radius 3 is 2.52 bits per heavy atom. The van der Waals surface area contributed by atoms with Gasteiger partial charge in [0.2, 0.25) is 0 Å². The number of aliphatic carboxylic acids is 1. The molecule has 3 atom stereocenters. The summed E-state index contributed by atoms with van der Waals surface area (Å²) in [4.78, 5) is 20.9. The third-order valence-corrected chi connectivity index (χ3v) is 10.1. The zero-order valence-corrected chi connectivity index (χ0v) is 26.4. The summed E-state index contributed by atoms with van der Waals surface area (Å²) in [6, 6.07) is 14.1. The predicted molar refractivity (Wildman–Crippen MR) is 173 cm³/mol. The van der Waals surface area contributed by atoms with Crippen LogP contribution in [0.25, 0.3) is 10.6 Å². The van der Waals surface area contributed by atoms with Crippen LogP contribution in [0.2, 0.25) is 0 Å². The van der Waals surface area contributed by atoms with Crippen molar-refractivity contribution in [1.29, 1.82) is 0 Å². The highest BCUT2D eigenvalue weighted by molar-refractivity contribution is 8.01. The number of aromatic nitrogens is 1. The minimum absolute atomic E-state index is 0.0987. The first-order chi connectivity index (χ1) is 20.0. The van der Waals surface area contributed by atoms with Crippen molar-refractivity contribution in [3.63, 3.8) is 0 Å². The highest BCUT2D eigenvalue weighted by atomic mass is 32.2. The second kappa shape index (κ2) is 12.6. The lowest BCUT2D eigenvalue weighted by Gasteiger charge is -2.29. The number of thioether (sulfide) groups is 1. The number of aliphatic hydroxyl groups is 1. The van der Waals surface area contributed by atoms with E-state index >= 15 is 0 Å². The van der Waals surface area contributed by atoms with Gasteiger partial charge in [-0.15, -0.1) is 23.1 Å². The number of aliphatic hydroxyl groups excluding tert-OH is 1. The summed E-state index contributed by atoms with van der Waals surface area (Å²) in [5, 5.41) is 25.2. The summed E-state index contributed by atoms with van der Waals surface area (Å²) in [5.41, 5.74) is 5.82. The summed E-state index contributed by atoms with van der Waals surface area (Å²) >= 11 is 2.94. The number of nitrogens with zero attached hydrogens (tertiary/aromatic N) is 2. The van der Waals surface area contributed by atoms with Crippen molar-refractivity contribution in [2.24, 2.45) is 5.92 Å². The van der Waals surface area contributed by atoms with E-state index in [1.54, 1.807) is 25.2 Å². The Morgan fingerprint density at radius 2 is 1.88 bits per heavy atom. The average molecular weight is 606 g/mol. The molecule has 1 aliphatic heterocycles. The summed E-state index contributed by atoms with van der Waals surface area (Å²) in [7, 11) is 0. The first-order valence-electron chi connectivity index (χ1n) is 14.3. The van der Waals surface area contributed by atoms with E-state index in [1.165, 1.54) is 17.3 Å². The number of carboxylic acid groups (broad SMARTS) is 1. The van der Waals surface area contributed by atoms with E-state index in [1.807, 2.05) is 37.3 Å². The summed E-state index contributed by atoms with van der Waals surface area (Å²) in [5.74, 6) is -0.485. The van der Waals surface area contributed by atoms with Gasteiger partial charge in [0.25, 0.3) is 0 Å². The molecule has 0 saturated carbocycles. The van der Waals surface area contributed by atoms with E-state index in [9.17, 15) is 15.0 Å². The maximum atomic E-state index is 11.6. The molecular weight excluding hydrogens is 567 g/mol. The van der Waals surface area contributed by atoms with E-state index < -0.39 is 16.9 Å². The zero-order chi connectivity index (χ0) is 30.0. The molecule has 1 aromatic heterocycles. The Morgan fingerprint density at radius 1 is 1.17 bits per heavy atom. The van der Waals surface area contributed by atoms with Crippen LogP contribution in [0.1, 0.15) is 56.0 Å². The second-order valence-electron chi connectivity index (χ2n) is 11.5. The largest absolute Gasteiger partial charge is 0.480 e. The first kappa shape index (κ1) is 30.4. The molecule has 0 amide bonds. The maximum absolute atomic E-state index is 11.6. The average Bonchev–Trinajstić information content (AvgIpc) is 3.39. The van der Waals surface area contributed by atoms with Crippen LogP contribution in [0, 0.1) is 12.8 Å². The fourth-order valence-electron chi connectivity index (χ4n) is 5.32. The fraction of sp³-hybridized carbons (Fsp3) is 0.394. The number of allylic oxidation sites excluding steroid dienone is 4. The van der Waals surface area contributed by atoms with Crippen molar-refractivity contribution in [3.8, 4) is 10.6 Å². The monoisotopic (exact) mass is 605 g/mol. The number of ether oxygens (including phenoxy) is 1. The van der Waals surface area contributed by atoms with Crippen LogP contribution in [-0.4, -0.2) is 52.2 Å². The van der Waals surface area contributed by atoms with E-state index in [-0.39, 0.29) is 11.8 Å². The molecule has 2 heterocycles. The molecule has 3 unspecified atom stereocenters. The molecule has 2 aromatic carbocycles. The molecule has 3 aromatic rings. The number of thiazole rings is 1. The molecule has 3 N–H and O–H groups in total. The quantitative estimate of drug-likeness (QED) is 0.173. The number of morpholine rings is 1. The topological polar surface area (TPSA) is 94.9 Å². The standard InChI is InChI=1S/C33H39N3O4S2/c1-20-6-12-26(21(2)18-20)29-28(30(37)34-23-7-9-24(10-8-23)36-14-16-40-17-15-36)35-31(41-29)27-13-11-25(19-22(27)3)42-33(4,5)32(38)39/h6-13,18-19,21,26,30,34,37H,14-17H2,1-5H3,(H,38,39). The number of hydrogen-bond acceptors (Lipinski definition) is 8. The normalized spacial score (nSPS) is 19.9. The van der Waals surface area contributed by atoms with Gasteiger partial charge in [-0.1, -0.05) is 36.8 Å². The Hall–Kier alpha value is -3.11. The highest BCUT2D eigenvalue weighted by Crippen LogP contribution is 2.43. The third kappa shape index (κ3) is 6.75. The van der Waals surface area contributed by atoms with E-state index in [0.717, 1.165) is 63.6 Å². The van der Waals surface area contributed by atoms with Crippen LogP contribution in [0.5, 0.6) is 0 Å². The molecule has 0 radical (unpaired) electrons. The summed E-state index contributed by atoms with van der Waals surface area (Å²) < 4.78 is 4.54. The lowest BCUT2D eigenvalue weighted by Crippen LogP contribution is -2.36. The Labute approximate surface area is 256 Å². The number of nitrogens with one attached hydrogen (secondary N) is 1. The molecule has 1 fully saturated rings. The molecule has 7 nitrogen and oxygen atoms in total. The molecule has 1 aliphatic carbocycles. The molecular formula is C33H39N3O4S2. The Balaban J connectivity index is 1.43. The molecule has 2 aliphatic rings. The lowest BCUT2D eigenvalue weighted by atomic mass is 9.85. The van der Waals surface area contributed by atoms with Crippen molar-refractivity contribution < 1.29 is 19.7 Å². The maximum Gasteiger partial charge on any atom is 0.319 e. The van der Waals surface area contributed by atoms with Crippen molar-refractivity contribution >= 4 is 40.4 Å². The number of carbonyl (C=O) groups is 1. The van der Waals surface area contributed by atoms with Crippen LogP contribution >= 0.6 is 23.1 Å². The summed E-state index contributed by atoms with van der Waals surface area (Å²) in [6.45, 7) is 13.0. The van der Waals surface area contributed by atoms with Crippen LogP contribution in [0.15, 0.2) is 71.2 Å². The Kier molecular flexibility index (Phi) is 9.13. The van der Waals surface area contributed by atoms with E-state index in [2.05, 4.69) is 54.4 Å². The summed E-state index contributed by atoms with van der Waals surface area (Å²) in [6.07, 6.45) is 5.63. The van der Waals surface area contributed by atoms with Crippen LogP contribution in [0.4, 0.5) is 11.4 Å². The van der Waals surface area contributed by atoms with E-state index in [0.29, 0.717) is 5.69 Å². The first-order valence-corrected chi connectivity index (χ1v) is 15.9. The van der Waals surface area contributed by atoms with Crippen LogP contribution in [-0.2, 0) is 9.53 Å². The number of rotatable bonds is 9. The predicted octanol–water partition coefficient (Wildman–Crippen LogP) is 7.25. The molecule has 42 heavy (non-hydrogen) atoms. The van der Waals surface area contributed by atoms with E-state index in [4.69, 9.17) is 9.72 Å². The second-order valence-corrected chi connectivity index (χ2v) is 14.2. The van der Waals surface area contributed by atoms with Gasteiger partial charge in [-0.2, -0.15) is 0 Å². The van der Waals surface area contributed by atoms with Gasteiger partial charge in [0.05, 0.1) is 13.2 Å². The molecule has 0 bridgehead atoms. The van der Waals surface area contributed by atoms with Crippen molar-refractivity contribution in [1.82, 2.24) is 4.98 Å². The number of carboxylic acids is 1. The third-order valence-electron chi connectivity index (χ3n) is 7.76. The lowest BCUT2D eigenvalue weighted by molar-refractivity contribution is -0.138. The van der Waals surface area contributed by atoms with Crippen LogP contribution < -0.4 is 10.2 Å². The van der Waals surface area contributed by atoms with Gasteiger partial charge in [0.15, 0.2) is 6.23 Å². The number of hydrogen-bond donors (Lipinski definition) is 3. The van der Waals surface area contributed by atoms with Crippen molar-refractivity contribution in [2.75, 3.05) is 36.5 Å². The highest BCUT2D eigenvalue weighted by Gasteiger charge is 2.30. The van der Waals surface area contributed by atoms with Gasteiger partial charge in [-0.05, 0) is 75.6 Å².